The average molecular weight is 559 g/mol. The third-order valence-corrected chi connectivity index (χ3v) is 7.11. The number of aromatic nitrogens is 3. The van der Waals surface area contributed by atoms with E-state index < -0.39 is 11.5 Å². The third-order valence-electron chi connectivity index (χ3n) is 7.11. The minimum absolute atomic E-state index is 0.182. The molecule has 4 aromatic carbocycles. The van der Waals surface area contributed by atoms with Gasteiger partial charge in [0.25, 0.3) is 0 Å². The average Bonchev–Trinajstić information content (AvgIpc) is 3.38. The van der Waals surface area contributed by atoms with E-state index in [9.17, 15) is 9.59 Å². The third kappa shape index (κ3) is 5.27. The van der Waals surface area contributed by atoms with Gasteiger partial charge in [0.2, 0.25) is 0 Å². The molecule has 2 aromatic heterocycles. The number of fused-ring (bicyclic) bond motifs is 2. The van der Waals surface area contributed by atoms with Crippen molar-refractivity contribution >= 4 is 27.9 Å². The van der Waals surface area contributed by atoms with Gasteiger partial charge in [-0.1, -0.05) is 72.8 Å². The van der Waals surface area contributed by atoms with Crippen molar-refractivity contribution in [3.05, 3.63) is 119 Å². The standard InChI is InChI=1S/C34H30N4O4/c1-23(39)42-38-30-15-8-14-27(25-12-6-3-7-13-25)32(30)36-33(34(38)40)29-21-37(19-9-18-35)31-20-26(16-17-28(29)31)41-22-24-10-4-2-5-11-24/h2-8,10-17,20-21H,9,18-19,22,35H2,1H3. The maximum Gasteiger partial charge on any atom is 0.330 e. The van der Waals surface area contributed by atoms with Crippen molar-refractivity contribution in [1.29, 1.82) is 0 Å². The summed E-state index contributed by atoms with van der Waals surface area (Å²) < 4.78 is 9.22. The SMILES string of the molecule is CC(=O)On1c(=O)c(-c2cn(CCCN)c3cc(OCc4ccccc4)ccc23)nc2c(-c3ccccc3)cccc21. The molecule has 0 radical (unpaired) electrons. The van der Waals surface area contributed by atoms with Crippen LogP contribution in [0.15, 0.2) is 108 Å². The van der Waals surface area contributed by atoms with Crippen LogP contribution in [0.2, 0.25) is 0 Å². The number of para-hydroxylation sites is 1. The molecule has 6 aromatic rings. The number of aryl methyl sites for hydroxylation is 1. The van der Waals surface area contributed by atoms with E-state index in [1.54, 1.807) is 6.07 Å². The van der Waals surface area contributed by atoms with Gasteiger partial charge in [0, 0.05) is 42.2 Å². The molecule has 6 rings (SSSR count). The minimum Gasteiger partial charge on any atom is -0.489 e. The fourth-order valence-electron chi connectivity index (χ4n) is 5.16. The van der Waals surface area contributed by atoms with Crippen molar-refractivity contribution in [3.63, 3.8) is 0 Å². The topological polar surface area (TPSA) is 101 Å². The Hall–Kier alpha value is -5.21. The van der Waals surface area contributed by atoms with Crippen LogP contribution in [-0.4, -0.2) is 26.8 Å². The lowest BCUT2D eigenvalue weighted by atomic mass is 10.0. The first-order valence-electron chi connectivity index (χ1n) is 13.8. The highest BCUT2D eigenvalue weighted by molar-refractivity contribution is 5.98. The van der Waals surface area contributed by atoms with Gasteiger partial charge in [-0.15, -0.1) is 4.73 Å². The Balaban J connectivity index is 1.54. The maximum atomic E-state index is 13.9. The van der Waals surface area contributed by atoms with Crippen LogP contribution in [-0.2, 0) is 17.9 Å². The molecule has 0 aliphatic rings. The van der Waals surface area contributed by atoms with Crippen LogP contribution in [0.4, 0.5) is 0 Å². The van der Waals surface area contributed by atoms with Gasteiger partial charge in [0.15, 0.2) is 0 Å². The highest BCUT2D eigenvalue weighted by Crippen LogP contribution is 2.34. The summed E-state index contributed by atoms with van der Waals surface area (Å²) in [4.78, 5) is 36.5. The van der Waals surface area contributed by atoms with E-state index in [1.807, 2.05) is 97.2 Å². The van der Waals surface area contributed by atoms with Crippen LogP contribution in [0.1, 0.15) is 18.9 Å². The number of ether oxygens (including phenoxy) is 1. The van der Waals surface area contributed by atoms with Crippen LogP contribution in [0, 0.1) is 0 Å². The van der Waals surface area contributed by atoms with Crippen LogP contribution in [0.3, 0.4) is 0 Å². The quantitative estimate of drug-likeness (QED) is 0.248. The Morgan fingerprint density at radius 3 is 2.38 bits per heavy atom. The summed E-state index contributed by atoms with van der Waals surface area (Å²) in [5, 5.41) is 0.828. The summed E-state index contributed by atoms with van der Waals surface area (Å²) in [5.41, 5.74) is 10.8. The smallest absolute Gasteiger partial charge is 0.330 e. The summed E-state index contributed by atoms with van der Waals surface area (Å²) in [6.07, 6.45) is 2.67. The lowest BCUT2D eigenvalue weighted by molar-refractivity contribution is -0.141. The summed E-state index contributed by atoms with van der Waals surface area (Å²) in [6.45, 7) is 2.88. The molecule has 8 nitrogen and oxygen atoms in total. The Morgan fingerprint density at radius 1 is 0.881 bits per heavy atom. The number of rotatable bonds is 9. The molecule has 2 N–H and O–H groups in total. The van der Waals surface area contributed by atoms with E-state index in [4.69, 9.17) is 20.3 Å². The lowest BCUT2D eigenvalue weighted by Gasteiger charge is -2.13. The normalized spacial score (nSPS) is 11.2. The molecular formula is C34H30N4O4. The van der Waals surface area contributed by atoms with E-state index >= 15 is 0 Å². The zero-order chi connectivity index (χ0) is 29.1. The van der Waals surface area contributed by atoms with Gasteiger partial charge < -0.3 is 19.9 Å². The van der Waals surface area contributed by atoms with Crippen molar-refractivity contribution in [3.8, 4) is 28.1 Å². The van der Waals surface area contributed by atoms with Crippen molar-refractivity contribution < 1.29 is 14.4 Å². The van der Waals surface area contributed by atoms with E-state index in [0.29, 0.717) is 42.0 Å². The molecule has 42 heavy (non-hydrogen) atoms. The van der Waals surface area contributed by atoms with Crippen LogP contribution in [0.5, 0.6) is 5.75 Å². The predicted octanol–water partition coefficient (Wildman–Crippen LogP) is 5.59. The largest absolute Gasteiger partial charge is 0.489 e. The van der Waals surface area contributed by atoms with E-state index in [2.05, 4.69) is 4.57 Å². The number of hydrogen-bond donors (Lipinski definition) is 1. The van der Waals surface area contributed by atoms with Gasteiger partial charge in [-0.25, -0.2) is 9.78 Å². The highest BCUT2D eigenvalue weighted by Gasteiger charge is 2.21. The zero-order valence-electron chi connectivity index (χ0n) is 23.2. The van der Waals surface area contributed by atoms with E-state index in [1.165, 1.54) is 6.92 Å². The summed E-state index contributed by atoms with van der Waals surface area (Å²) in [7, 11) is 0. The van der Waals surface area contributed by atoms with Gasteiger partial charge in [-0.3, -0.25) is 4.79 Å². The molecule has 0 saturated carbocycles. The van der Waals surface area contributed by atoms with Crippen molar-refractivity contribution in [2.24, 2.45) is 5.73 Å². The first-order chi connectivity index (χ1) is 20.5. The first kappa shape index (κ1) is 27.0. The zero-order valence-corrected chi connectivity index (χ0v) is 23.2. The second-order valence-electron chi connectivity index (χ2n) is 10.0. The van der Waals surface area contributed by atoms with Gasteiger partial charge in [-0.05, 0) is 42.3 Å². The summed E-state index contributed by atoms with van der Waals surface area (Å²) in [5.74, 6) is 0.103. The fourth-order valence-corrected chi connectivity index (χ4v) is 5.16. The molecule has 0 unspecified atom stereocenters. The predicted molar refractivity (Wildman–Crippen MR) is 164 cm³/mol. The molecule has 0 bridgehead atoms. The second-order valence-corrected chi connectivity index (χ2v) is 10.0. The molecule has 0 aliphatic heterocycles. The van der Waals surface area contributed by atoms with Gasteiger partial charge in [0.05, 0.1) is 11.0 Å². The molecule has 0 aliphatic carbocycles. The molecule has 210 valence electrons. The number of carbonyl (C=O) groups excluding carboxylic acids is 1. The molecule has 0 amide bonds. The maximum absolute atomic E-state index is 13.9. The van der Waals surface area contributed by atoms with E-state index in [0.717, 1.165) is 38.7 Å². The number of nitrogens with two attached hydrogens (primary N) is 1. The molecule has 0 atom stereocenters. The van der Waals surface area contributed by atoms with Crippen LogP contribution in [0.25, 0.3) is 44.3 Å². The summed E-state index contributed by atoms with van der Waals surface area (Å²) >= 11 is 0. The molecular weight excluding hydrogens is 528 g/mol. The molecule has 0 saturated heterocycles. The Labute approximate surface area is 242 Å². The van der Waals surface area contributed by atoms with Crippen LogP contribution < -0.4 is 20.9 Å². The number of hydrogen-bond acceptors (Lipinski definition) is 6. The van der Waals surface area contributed by atoms with Gasteiger partial charge in [-0.2, -0.15) is 0 Å². The number of carbonyl (C=O) groups is 1. The highest BCUT2D eigenvalue weighted by atomic mass is 16.7. The fraction of sp³-hybridized carbons (Fsp3) is 0.147. The first-order valence-corrected chi connectivity index (χ1v) is 13.8. The Bertz CT molecular complexity index is 1950. The number of nitrogens with zero attached hydrogens (tertiary/aromatic N) is 3. The van der Waals surface area contributed by atoms with Gasteiger partial charge >= 0.3 is 11.5 Å². The van der Waals surface area contributed by atoms with Crippen molar-refractivity contribution in [2.45, 2.75) is 26.5 Å². The second kappa shape index (κ2) is 11.7. The van der Waals surface area contributed by atoms with Crippen LogP contribution >= 0.6 is 0 Å². The Morgan fingerprint density at radius 2 is 1.64 bits per heavy atom. The van der Waals surface area contributed by atoms with Crippen molar-refractivity contribution in [2.75, 3.05) is 6.54 Å². The van der Waals surface area contributed by atoms with Crippen molar-refractivity contribution in [1.82, 2.24) is 14.3 Å². The van der Waals surface area contributed by atoms with Gasteiger partial charge in [0.1, 0.15) is 23.6 Å². The monoisotopic (exact) mass is 558 g/mol. The summed E-state index contributed by atoms with van der Waals surface area (Å²) in [6, 6.07) is 31.0. The molecule has 0 spiro atoms. The minimum atomic E-state index is -0.605. The Kier molecular flexibility index (Phi) is 7.53. The van der Waals surface area contributed by atoms with E-state index in [-0.39, 0.29) is 5.69 Å². The molecule has 0 fully saturated rings. The molecule has 8 heteroatoms. The number of benzene rings is 4. The lowest BCUT2D eigenvalue weighted by Crippen LogP contribution is -2.31. The molecule has 2 heterocycles.